The van der Waals surface area contributed by atoms with Crippen molar-refractivity contribution in [3.8, 4) is 6.07 Å². The van der Waals surface area contributed by atoms with Crippen molar-refractivity contribution in [1.82, 2.24) is 24.3 Å². The number of benzene rings is 1. The molecule has 0 aliphatic carbocycles. The van der Waals surface area contributed by atoms with Gasteiger partial charge in [-0.15, -0.1) is 11.3 Å². The van der Waals surface area contributed by atoms with Crippen molar-refractivity contribution in [1.29, 1.82) is 5.26 Å². The number of hydrogen-bond acceptors (Lipinski definition) is 8. The van der Waals surface area contributed by atoms with Crippen molar-refractivity contribution in [2.45, 2.75) is 16.5 Å². The molecule has 0 amide bonds. The van der Waals surface area contributed by atoms with Gasteiger partial charge in [0.1, 0.15) is 6.07 Å². The summed E-state index contributed by atoms with van der Waals surface area (Å²) >= 11 is 9.76. The predicted octanol–water partition coefficient (Wildman–Crippen LogP) is 6.10. The molecule has 4 aromatic rings. The Morgan fingerprint density at radius 3 is 2.76 bits per heavy atom. The Morgan fingerprint density at radius 1 is 1.19 bits per heavy atom. The van der Waals surface area contributed by atoms with Crippen LogP contribution in [0.1, 0.15) is 16.9 Å². The molecule has 4 heterocycles. The van der Waals surface area contributed by atoms with Gasteiger partial charge in [-0.3, -0.25) is 4.98 Å². The highest BCUT2D eigenvalue weighted by molar-refractivity contribution is 7.99. The van der Waals surface area contributed by atoms with E-state index in [1.807, 2.05) is 36.0 Å². The first-order valence-electron chi connectivity index (χ1n) is 12.1. The molecule has 5 rings (SSSR count). The monoisotopic (exact) mass is 549 g/mol. The smallest absolute Gasteiger partial charge is 0.172 e. The van der Waals surface area contributed by atoms with Gasteiger partial charge in [-0.05, 0) is 43.8 Å². The van der Waals surface area contributed by atoms with Crippen LogP contribution < -0.4 is 5.32 Å². The van der Waals surface area contributed by atoms with E-state index >= 15 is 0 Å². The molecule has 0 atom stereocenters. The Kier molecular flexibility index (Phi) is 8.13. The fourth-order valence-corrected chi connectivity index (χ4v) is 6.32. The number of nitriles is 1. The van der Waals surface area contributed by atoms with E-state index in [2.05, 4.69) is 56.4 Å². The van der Waals surface area contributed by atoms with Gasteiger partial charge in [-0.2, -0.15) is 5.26 Å². The first kappa shape index (κ1) is 25.8. The van der Waals surface area contributed by atoms with Crippen LogP contribution >= 0.6 is 34.7 Å². The number of pyridine rings is 1. The maximum Gasteiger partial charge on any atom is 0.172 e. The lowest BCUT2D eigenvalue weighted by Crippen LogP contribution is -2.44. The quantitative estimate of drug-likeness (QED) is 0.284. The van der Waals surface area contributed by atoms with E-state index in [0.29, 0.717) is 10.6 Å². The molecule has 0 bridgehead atoms. The van der Waals surface area contributed by atoms with E-state index in [9.17, 15) is 5.26 Å². The molecule has 1 saturated heterocycles. The third-order valence-corrected chi connectivity index (χ3v) is 9.03. The standard InChI is InChI=1S/C27H28ClN7S2/c1-33-11-13-35(14-12-33)9-4-3-5-21-16-23-26(36-21)25(19(17-29)18-31-23)32-20-6-7-24(22(28)15-20)37-27-30-8-10-34(27)2/h3,5-8,10,15-16,18H,4,9,11-14H2,1-2H3,(H,31,32). The lowest BCUT2D eigenvalue weighted by molar-refractivity contribution is 0.156. The summed E-state index contributed by atoms with van der Waals surface area (Å²) < 4.78 is 2.91. The summed E-state index contributed by atoms with van der Waals surface area (Å²) in [5, 5.41) is 14.7. The van der Waals surface area contributed by atoms with Crippen molar-refractivity contribution in [3.63, 3.8) is 0 Å². The van der Waals surface area contributed by atoms with Crippen molar-refractivity contribution >= 4 is 62.4 Å². The summed E-state index contributed by atoms with van der Waals surface area (Å²) in [6, 6.07) is 10.2. The SMILES string of the molecule is CN1CCN(CCC=Cc2cc3ncc(C#N)c(Nc4ccc(Sc5nccn5C)c(Cl)c4)c3s2)CC1. The number of likely N-dealkylation sites (N-methyl/N-ethyl adjacent to an activating group) is 1. The number of piperazine rings is 1. The zero-order chi connectivity index (χ0) is 25.8. The zero-order valence-electron chi connectivity index (χ0n) is 20.8. The van der Waals surface area contributed by atoms with Crippen molar-refractivity contribution in [2.24, 2.45) is 7.05 Å². The molecule has 37 heavy (non-hydrogen) atoms. The molecule has 0 saturated carbocycles. The van der Waals surface area contributed by atoms with Gasteiger partial charge in [0.15, 0.2) is 5.16 Å². The maximum atomic E-state index is 9.76. The molecule has 1 aromatic carbocycles. The minimum absolute atomic E-state index is 0.502. The Balaban J connectivity index is 1.31. The number of halogens is 1. The lowest BCUT2D eigenvalue weighted by atomic mass is 10.2. The van der Waals surface area contributed by atoms with Crippen molar-refractivity contribution in [2.75, 3.05) is 45.1 Å². The number of nitrogens with one attached hydrogen (secondary N) is 1. The second-order valence-corrected chi connectivity index (χ2v) is 11.6. The first-order valence-corrected chi connectivity index (χ1v) is 14.1. The number of aromatic nitrogens is 3. The zero-order valence-corrected chi connectivity index (χ0v) is 23.2. The number of rotatable bonds is 8. The highest BCUT2D eigenvalue weighted by atomic mass is 35.5. The molecule has 190 valence electrons. The molecule has 10 heteroatoms. The summed E-state index contributed by atoms with van der Waals surface area (Å²) in [6.45, 7) is 5.62. The molecular weight excluding hydrogens is 522 g/mol. The number of thiophene rings is 1. The summed E-state index contributed by atoms with van der Waals surface area (Å²) in [5.74, 6) is 0. The molecular formula is C27H28ClN7S2. The average molecular weight is 550 g/mol. The van der Waals surface area contributed by atoms with Gasteiger partial charge in [0.05, 0.1) is 26.5 Å². The summed E-state index contributed by atoms with van der Waals surface area (Å²) in [5.41, 5.74) is 2.95. The Labute approximate surface area is 230 Å². The summed E-state index contributed by atoms with van der Waals surface area (Å²) in [4.78, 5) is 15.8. The van der Waals surface area contributed by atoms with E-state index in [1.54, 1.807) is 23.7 Å². The number of aryl methyl sites for hydroxylation is 1. The maximum absolute atomic E-state index is 9.76. The van der Waals surface area contributed by atoms with Gasteiger partial charge >= 0.3 is 0 Å². The summed E-state index contributed by atoms with van der Waals surface area (Å²) in [6.07, 6.45) is 10.7. The van der Waals surface area contributed by atoms with Crippen molar-refractivity contribution in [3.05, 3.63) is 64.4 Å². The molecule has 1 N–H and O–H groups in total. The van der Waals surface area contributed by atoms with Crippen LogP contribution in [0.3, 0.4) is 0 Å². The molecule has 0 unspecified atom stereocenters. The fourth-order valence-electron chi connectivity index (χ4n) is 4.17. The number of imidazole rings is 1. The van der Waals surface area contributed by atoms with Crippen LogP contribution in [0.4, 0.5) is 11.4 Å². The van der Waals surface area contributed by atoms with Crippen LogP contribution in [-0.2, 0) is 7.05 Å². The van der Waals surface area contributed by atoms with Crippen LogP contribution in [0.25, 0.3) is 16.3 Å². The van der Waals surface area contributed by atoms with Crippen LogP contribution in [0.2, 0.25) is 5.02 Å². The Morgan fingerprint density at radius 2 is 2.03 bits per heavy atom. The van der Waals surface area contributed by atoms with E-state index in [4.69, 9.17) is 11.6 Å². The molecule has 0 radical (unpaired) electrons. The molecule has 1 aliphatic rings. The van der Waals surface area contributed by atoms with E-state index in [1.165, 1.54) is 11.8 Å². The number of nitrogens with zero attached hydrogens (tertiary/aromatic N) is 6. The van der Waals surface area contributed by atoms with Gasteiger partial charge in [0.2, 0.25) is 0 Å². The number of hydrogen-bond donors (Lipinski definition) is 1. The third-order valence-electron chi connectivity index (χ3n) is 6.35. The van der Waals surface area contributed by atoms with Crippen LogP contribution in [0.5, 0.6) is 0 Å². The highest BCUT2D eigenvalue weighted by Crippen LogP contribution is 2.38. The van der Waals surface area contributed by atoms with Gasteiger partial charge < -0.3 is 19.7 Å². The molecule has 0 spiro atoms. The van der Waals surface area contributed by atoms with Crippen molar-refractivity contribution < 1.29 is 0 Å². The van der Waals surface area contributed by atoms with Gasteiger partial charge in [0, 0.05) is 73.8 Å². The fraction of sp³-hybridized carbons (Fsp3) is 0.296. The second kappa shape index (κ2) is 11.7. The second-order valence-electron chi connectivity index (χ2n) is 9.05. The topological polar surface area (TPSA) is 73.0 Å². The summed E-state index contributed by atoms with van der Waals surface area (Å²) in [7, 11) is 4.13. The molecule has 1 fully saturated rings. The third kappa shape index (κ3) is 6.17. The largest absolute Gasteiger partial charge is 0.353 e. The van der Waals surface area contributed by atoms with Crippen LogP contribution in [0.15, 0.2) is 59.0 Å². The normalized spacial score (nSPS) is 15.0. The molecule has 3 aromatic heterocycles. The Bertz CT molecular complexity index is 1460. The van der Waals surface area contributed by atoms with Gasteiger partial charge in [-0.1, -0.05) is 29.4 Å². The number of fused-ring (bicyclic) bond motifs is 1. The number of anilines is 2. The minimum Gasteiger partial charge on any atom is -0.353 e. The van der Waals surface area contributed by atoms with E-state index in [0.717, 1.165) is 75.7 Å². The van der Waals surface area contributed by atoms with Gasteiger partial charge in [-0.25, -0.2) is 4.98 Å². The van der Waals surface area contributed by atoms with E-state index < -0.39 is 0 Å². The average Bonchev–Trinajstić information content (AvgIpc) is 3.50. The molecule has 1 aliphatic heterocycles. The highest BCUT2D eigenvalue weighted by Gasteiger charge is 2.15. The Hall–Kier alpha value is -2.87. The van der Waals surface area contributed by atoms with Crippen LogP contribution in [0, 0.1) is 11.3 Å². The van der Waals surface area contributed by atoms with Gasteiger partial charge in [0.25, 0.3) is 0 Å². The first-order chi connectivity index (χ1) is 18.0. The van der Waals surface area contributed by atoms with Crippen LogP contribution in [-0.4, -0.2) is 64.1 Å². The minimum atomic E-state index is 0.502. The predicted molar refractivity (Wildman–Crippen MR) is 154 cm³/mol. The molecule has 7 nitrogen and oxygen atoms in total. The lowest BCUT2D eigenvalue weighted by Gasteiger charge is -2.31. The van der Waals surface area contributed by atoms with E-state index in [-0.39, 0.29) is 0 Å².